The predicted octanol–water partition coefficient (Wildman–Crippen LogP) is 3.66. The van der Waals surface area contributed by atoms with Crippen LogP contribution in [-0.2, 0) is 10.3 Å². The Morgan fingerprint density at radius 2 is 1.66 bits per heavy atom. The average Bonchev–Trinajstić information content (AvgIpc) is 2.89. The predicted molar refractivity (Wildman–Crippen MR) is 110 cm³/mol. The van der Waals surface area contributed by atoms with Gasteiger partial charge in [-0.05, 0) is 75.1 Å². The lowest BCUT2D eigenvalue weighted by atomic mass is 9.92. The molecule has 29 heavy (non-hydrogen) atoms. The number of Topliss-reactive ketones (excluding diaryl/α,β-unsaturated/α-hetero) is 1. The fourth-order valence-corrected chi connectivity index (χ4v) is 3.58. The highest BCUT2D eigenvalue weighted by atomic mass is 16.5. The van der Waals surface area contributed by atoms with Gasteiger partial charge in [-0.1, -0.05) is 18.2 Å². The second kappa shape index (κ2) is 7.70. The Hall–Kier alpha value is -3.15. The summed E-state index contributed by atoms with van der Waals surface area (Å²) < 4.78 is 5.43. The number of carbonyl (C=O) groups excluding carboxylic acids is 3. The van der Waals surface area contributed by atoms with Gasteiger partial charge in [0.05, 0.1) is 13.2 Å². The molecule has 1 aliphatic heterocycles. The van der Waals surface area contributed by atoms with Crippen LogP contribution in [0, 0.1) is 20.8 Å². The van der Waals surface area contributed by atoms with E-state index in [2.05, 4.69) is 5.32 Å². The van der Waals surface area contributed by atoms with Crippen molar-refractivity contribution < 1.29 is 19.1 Å². The summed E-state index contributed by atoms with van der Waals surface area (Å²) in [6.07, 6.45) is 0. The minimum Gasteiger partial charge on any atom is -0.494 e. The van der Waals surface area contributed by atoms with E-state index in [4.69, 9.17) is 4.74 Å². The van der Waals surface area contributed by atoms with E-state index in [1.807, 2.05) is 39.8 Å². The Morgan fingerprint density at radius 1 is 1.03 bits per heavy atom. The summed E-state index contributed by atoms with van der Waals surface area (Å²) >= 11 is 0. The molecule has 1 heterocycles. The maximum absolute atomic E-state index is 13.1. The molecule has 1 saturated heterocycles. The van der Waals surface area contributed by atoms with Crippen LogP contribution in [0.1, 0.15) is 46.5 Å². The standard InChI is InChI=1S/C23H26N2O4/c1-6-29-18-9-7-17(8-10-18)23(5)21(27)25(22(28)24-23)13-20(26)19-12-15(3)14(2)11-16(19)4/h7-12H,6,13H2,1-5H3,(H,24,28)/t23-/m0/s1. The fraction of sp³-hybridized carbons (Fsp3) is 0.348. The molecular weight excluding hydrogens is 368 g/mol. The molecule has 1 aliphatic rings. The number of hydrogen-bond acceptors (Lipinski definition) is 4. The average molecular weight is 394 g/mol. The maximum Gasteiger partial charge on any atom is 0.325 e. The van der Waals surface area contributed by atoms with Gasteiger partial charge >= 0.3 is 6.03 Å². The highest BCUT2D eigenvalue weighted by molar-refractivity contribution is 6.11. The zero-order valence-electron chi connectivity index (χ0n) is 17.5. The van der Waals surface area contributed by atoms with Gasteiger partial charge in [0.15, 0.2) is 5.78 Å². The van der Waals surface area contributed by atoms with Crippen LogP contribution in [0.25, 0.3) is 0 Å². The largest absolute Gasteiger partial charge is 0.494 e. The first kappa shape index (κ1) is 20.6. The molecule has 2 aromatic carbocycles. The Kier molecular flexibility index (Phi) is 5.46. The number of amides is 3. The van der Waals surface area contributed by atoms with Gasteiger partial charge in [-0.15, -0.1) is 0 Å². The van der Waals surface area contributed by atoms with Gasteiger partial charge in [0.2, 0.25) is 0 Å². The summed E-state index contributed by atoms with van der Waals surface area (Å²) in [5.41, 5.74) is 2.87. The zero-order valence-corrected chi connectivity index (χ0v) is 17.5. The zero-order chi connectivity index (χ0) is 21.3. The van der Waals surface area contributed by atoms with Crippen molar-refractivity contribution in [2.24, 2.45) is 0 Å². The monoisotopic (exact) mass is 394 g/mol. The molecule has 0 radical (unpaired) electrons. The number of urea groups is 1. The number of nitrogens with zero attached hydrogens (tertiary/aromatic N) is 1. The number of aryl methyl sites for hydroxylation is 3. The SMILES string of the molecule is CCOc1ccc([C@]2(C)NC(=O)N(CC(=O)c3cc(C)c(C)cc3C)C2=O)cc1. The van der Waals surface area contributed by atoms with Gasteiger partial charge in [0, 0.05) is 5.56 Å². The first-order valence-corrected chi connectivity index (χ1v) is 9.66. The van der Waals surface area contributed by atoms with E-state index in [1.54, 1.807) is 31.2 Å². The molecule has 0 spiro atoms. The molecule has 1 fully saturated rings. The molecule has 6 heteroatoms. The third-order valence-corrected chi connectivity index (χ3v) is 5.46. The van der Waals surface area contributed by atoms with Gasteiger partial charge in [0.1, 0.15) is 11.3 Å². The van der Waals surface area contributed by atoms with E-state index in [1.165, 1.54) is 0 Å². The van der Waals surface area contributed by atoms with E-state index in [9.17, 15) is 14.4 Å². The maximum atomic E-state index is 13.1. The van der Waals surface area contributed by atoms with Gasteiger partial charge < -0.3 is 10.1 Å². The van der Waals surface area contributed by atoms with Crippen LogP contribution in [0.2, 0.25) is 0 Å². The minimum absolute atomic E-state index is 0.259. The first-order valence-electron chi connectivity index (χ1n) is 9.66. The third kappa shape index (κ3) is 3.75. The smallest absolute Gasteiger partial charge is 0.325 e. The van der Waals surface area contributed by atoms with Crippen molar-refractivity contribution in [3.8, 4) is 5.75 Å². The van der Waals surface area contributed by atoms with Crippen LogP contribution in [0.5, 0.6) is 5.75 Å². The summed E-state index contributed by atoms with van der Waals surface area (Å²) in [6, 6.07) is 10.2. The van der Waals surface area contributed by atoms with E-state index < -0.39 is 17.5 Å². The van der Waals surface area contributed by atoms with Crippen LogP contribution in [0.3, 0.4) is 0 Å². The van der Waals surface area contributed by atoms with Crippen molar-refractivity contribution in [1.82, 2.24) is 10.2 Å². The number of imide groups is 1. The number of ether oxygens (including phenoxy) is 1. The van der Waals surface area contributed by atoms with Gasteiger partial charge in [-0.3, -0.25) is 14.5 Å². The number of ketones is 1. The second-order valence-corrected chi connectivity index (χ2v) is 7.58. The van der Waals surface area contributed by atoms with Crippen molar-refractivity contribution in [3.05, 3.63) is 64.2 Å². The summed E-state index contributed by atoms with van der Waals surface area (Å²) in [4.78, 5) is 39.5. The van der Waals surface area contributed by atoms with Crippen LogP contribution >= 0.6 is 0 Å². The number of benzene rings is 2. The van der Waals surface area contributed by atoms with Crippen LogP contribution in [0.15, 0.2) is 36.4 Å². The molecule has 152 valence electrons. The van der Waals surface area contributed by atoms with Crippen molar-refractivity contribution in [1.29, 1.82) is 0 Å². The molecule has 0 unspecified atom stereocenters. The lowest BCUT2D eigenvalue weighted by Gasteiger charge is -2.22. The molecule has 0 aromatic heterocycles. The van der Waals surface area contributed by atoms with E-state index >= 15 is 0 Å². The normalized spacial score (nSPS) is 18.7. The Bertz CT molecular complexity index is 981. The van der Waals surface area contributed by atoms with Crippen LogP contribution < -0.4 is 10.1 Å². The molecule has 3 rings (SSSR count). The van der Waals surface area contributed by atoms with E-state index in [-0.39, 0.29) is 12.3 Å². The van der Waals surface area contributed by atoms with E-state index in [0.29, 0.717) is 23.5 Å². The molecule has 0 aliphatic carbocycles. The van der Waals surface area contributed by atoms with Crippen molar-refractivity contribution >= 4 is 17.7 Å². The van der Waals surface area contributed by atoms with Gasteiger partial charge in [-0.25, -0.2) is 4.79 Å². The number of carbonyl (C=O) groups is 3. The van der Waals surface area contributed by atoms with Crippen molar-refractivity contribution in [2.75, 3.05) is 13.2 Å². The topological polar surface area (TPSA) is 75.7 Å². The van der Waals surface area contributed by atoms with Crippen molar-refractivity contribution in [3.63, 3.8) is 0 Å². The van der Waals surface area contributed by atoms with E-state index in [0.717, 1.165) is 21.6 Å². The lowest BCUT2D eigenvalue weighted by Crippen LogP contribution is -2.41. The fourth-order valence-electron chi connectivity index (χ4n) is 3.58. The molecule has 2 aromatic rings. The van der Waals surface area contributed by atoms with Gasteiger partial charge in [0.25, 0.3) is 5.91 Å². The molecule has 6 nitrogen and oxygen atoms in total. The van der Waals surface area contributed by atoms with Crippen LogP contribution in [0.4, 0.5) is 4.79 Å². The summed E-state index contributed by atoms with van der Waals surface area (Å²) in [5.74, 6) is -0.0135. The Labute approximate surface area is 170 Å². The summed E-state index contributed by atoms with van der Waals surface area (Å²) in [7, 11) is 0. The lowest BCUT2D eigenvalue weighted by molar-refractivity contribution is -0.130. The first-order chi connectivity index (χ1) is 13.7. The quantitative estimate of drug-likeness (QED) is 0.599. The van der Waals surface area contributed by atoms with Gasteiger partial charge in [-0.2, -0.15) is 0 Å². The molecule has 3 amide bonds. The van der Waals surface area contributed by atoms with Crippen molar-refractivity contribution in [2.45, 2.75) is 40.2 Å². The number of rotatable bonds is 6. The molecular formula is C23H26N2O4. The third-order valence-electron chi connectivity index (χ3n) is 5.46. The highest BCUT2D eigenvalue weighted by Gasteiger charge is 2.49. The molecule has 0 bridgehead atoms. The summed E-state index contributed by atoms with van der Waals surface area (Å²) in [5, 5.41) is 2.73. The van der Waals surface area contributed by atoms with Crippen LogP contribution in [-0.4, -0.2) is 35.8 Å². The highest BCUT2D eigenvalue weighted by Crippen LogP contribution is 2.30. The molecule has 1 N–H and O–H groups in total. The molecule has 0 saturated carbocycles. The number of hydrogen-bond donors (Lipinski definition) is 1. The molecule has 1 atom stereocenters. The number of nitrogens with one attached hydrogen (secondary N) is 1. The Morgan fingerprint density at radius 3 is 2.28 bits per heavy atom. The second-order valence-electron chi connectivity index (χ2n) is 7.58. The Balaban J connectivity index is 1.83. The minimum atomic E-state index is -1.22. The summed E-state index contributed by atoms with van der Waals surface area (Å²) in [6.45, 7) is 9.56.